The summed E-state index contributed by atoms with van der Waals surface area (Å²) in [6.45, 7) is 10.8. The van der Waals surface area contributed by atoms with E-state index in [0.29, 0.717) is 96.0 Å². The Morgan fingerprint density at radius 1 is 0.328 bits per heavy atom. The van der Waals surface area contributed by atoms with E-state index in [9.17, 15) is 79.2 Å². The zero-order chi connectivity index (χ0) is 92.7. The number of hydrogen-bond donors (Lipinski definition) is 12. The van der Waals surface area contributed by atoms with Crippen LogP contribution < -0.4 is 18.9 Å². The summed E-state index contributed by atoms with van der Waals surface area (Å²) in [5.41, 5.74) is 9.24. The van der Waals surface area contributed by atoms with Crippen molar-refractivity contribution in [3.8, 4) is 23.0 Å². The Morgan fingerprint density at radius 3 is 0.883 bits per heavy atom. The Kier molecular flexibility index (Phi) is 41.9. The van der Waals surface area contributed by atoms with E-state index in [-0.39, 0.29) is 157 Å². The minimum absolute atomic E-state index is 0.0346. The summed E-state index contributed by atoms with van der Waals surface area (Å²) in [6, 6.07) is 23.6. The van der Waals surface area contributed by atoms with Crippen molar-refractivity contribution in [2.75, 3.05) is 39.6 Å². The molecule has 0 amide bonds. The normalized spacial score (nSPS) is 25.5. The molecule has 4 fully saturated rings. The van der Waals surface area contributed by atoms with Crippen molar-refractivity contribution >= 4 is 47.8 Å². The van der Waals surface area contributed by atoms with Crippen molar-refractivity contribution in [3.63, 3.8) is 0 Å². The number of benzene rings is 4. The molecule has 28 nitrogen and oxygen atoms in total. The second kappa shape index (κ2) is 51.9. The number of aliphatic hydroxyl groups excluding tert-OH is 8. The predicted molar refractivity (Wildman–Crippen MR) is 474 cm³/mol. The molecule has 12 rings (SSSR count). The van der Waals surface area contributed by atoms with Crippen LogP contribution in [0.5, 0.6) is 23.0 Å². The van der Waals surface area contributed by atoms with E-state index in [1.165, 1.54) is 22.3 Å². The van der Waals surface area contributed by atoms with Gasteiger partial charge in [0.05, 0.1) is 74.3 Å². The lowest BCUT2D eigenvalue weighted by atomic mass is 9.73. The minimum Gasteiger partial charge on any atom is -0.482 e. The van der Waals surface area contributed by atoms with Gasteiger partial charge in [-0.1, -0.05) is 76.2 Å². The second-order valence-electron chi connectivity index (χ2n) is 37.1. The van der Waals surface area contributed by atoms with Gasteiger partial charge in [-0.15, -0.1) is 0 Å². The fourth-order valence-electron chi connectivity index (χ4n) is 21.2. The lowest BCUT2D eigenvalue weighted by molar-refractivity contribution is -0.152. The number of hydrogen-bond acceptors (Lipinski definition) is 24. The van der Waals surface area contributed by atoms with E-state index in [1.54, 1.807) is 13.8 Å². The van der Waals surface area contributed by atoms with Crippen LogP contribution in [-0.2, 0) is 109 Å². The van der Waals surface area contributed by atoms with Crippen molar-refractivity contribution in [1.82, 2.24) is 0 Å². The topological polar surface area (TPSA) is 453 Å². The van der Waals surface area contributed by atoms with Crippen LogP contribution in [0.1, 0.15) is 253 Å². The summed E-state index contributed by atoms with van der Waals surface area (Å²) in [5, 5.41) is 117. The third kappa shape index (κ3) is 31.4. The maximum absolute atomic E-state index is 12.2. The number of carboxylic acid groups (broad SMARTS) is 4. The average molecular weight is 1790 g/mol. The maximum Gasteiger partial charge on any atom is 0.344 e. The van der Waals surface area contributed by atoms with Gasteiger partial charge < -0.3 is 99.2 Å². The van der Waals surface area contributed by atoms with E-state index >= 15 is 0 Å². The maximum atomic E-state index is 12.2. The molecule has 2 unspecified atom stereocenters. The monoisotopic (exact) mass is 1790 g/mol. The summed E-state index contributed by atoms with van der Waals surface area (Å²) >= 11 is 0. The fourth-order valence-corrected chi connectivity index (χ4v) is 21.2. The highest BCUT2D eigenvalue weighted by molar-refractivity contribution is 5.73. The first-order chi connectivity index (χ1) is 61.3. The molecule has 712 valence electrons. The highest BCUT2D eigenvalue weighted by Crippen LogP contribution is 2.53. The number of unbranched alkanes of at least 4 members (excludes halogenated alkanes) is 1. The van der Waals surface area contributed by atoms with E-state index in [0.717, 1.165) is 176 Å². The number of carboxylic acids is 4. The Bertz CT molecular complexity index is 4180. The van der Waals surface area contributed by atoms with E-state index in [2.05, 4.69) is 24.3 Å². The first-order valence-electron chi connectivity index (χ1n) is 47.3. The van der Waals surface area contributed by atoms with Crippen LogP contribution in [0.25, 0.3) is 0 Å². The van der Waals surface area contributed by atoms with Gasteiger partial charge in [0.15, 0.2) is 26.4 Å². The fraction of sp³-hybridized carbons (Fsp3) is 0.680. The SMILES string of the molecule is CC[C@H](O)CC[C@@H]1[C@H]2Cc3cccc(OCC(=O)OC(C)CCC(=O)O)c3C[C@H]2C[C@H]1O.CC[C@H](O)CC[C@@H]1[C@H]2Cc3cccc(OCC(=O)OC(C)CCCC(=O)O)c3C[C@H]2C[C@H]1O.CC[C@H](O)CC[C@@H]1[C@H]2Cc3cccc(OCC(=O)OCCCC(=O)O)c3C[C@H]2C[C@H]1O.CC[C@H](O)CC[C@@H]1[C@H]2Cc3cccc(OCC(=O)OCCCCC(=O)O)c3C[C@H]2C[C@H]1O. The van der Waals surface area contributed by atoms with Crippen LogP contribution in [0.15, 0.2) is 72.8 Å². The first kappa shape index (κ1) is 103. The van der Waals surface area contributed by atoms with Gasteiger partial charge >= 0.3 is 47.8 Å². The number of rotatable bonds is 46. The quantitative estimate of drug-likeness (QED) is 0.0111. The largest absolute Gasteiger partial charge is 0.482 e. The molecule has 0 aliphatic heterocycles. The van der Waals surface area contributed by atoms with Crippen LogP contribution in [0, 0.1) is 71.0 Å². The summed E-state index contributed by atoms with van der Waals surface area (Å²) in [6.07, 6.45) is 18.3. The van der Waals surface area contributed by atoms with Crippen LogP contribution in [0.3, 0.4) is 0 Å². The van der Waals surface area contributed by atoms with Crippen LogP contribution >= 0.6 is 0 Å². The van der Waals surface area contributed by atoms with Gasteiger partial charge in [-0.2, -0.15) is 0 Å². The van der Waals surface area contributed by atoms with Crippen molar-refractivity contribution in [1.29, 1.82) is 0 Å². The molecule has 0 radical (unpaired) electrons. The minimum atomic E-state index is -0.917. The molecular weight excluding hydrogens is 1650 g/mol. The second-order valence-corrected chi connectivity index (χ2v) is 37.1. The third-order valence-corrected chi connectivity index (χ3v) is 28.3. The average Bonchev–Trinajstić information content (AvgIpc) is 1.59. The summed E-state index contributed by atoms with van der Waals surface area (Å²) in [5.74, 6) is 1.24. The van der Waals surface area contributed by atoms with Gasteiger partial charge in [0.2, 0.25) is 0 Å². The van der Waals surface area contributed by atoms with Gasteiger partial charge in [-0.3, -0.25) is 19.2 Å². The summed E-state index contributed by atoms with van der Waals surface area (Å²) in [7, 11) is 0. The lowest BCUT2D eigenvalue weighted by Gasteiger charge is -2.32. The molecule has 0 heterocycles. The van der Waals surface area contributed by atoms with E-state index < -0.39 is 53.9 Å². The summed E-state index contributed by atoms with van der Waals surface area (Å²) in [4.78, 5) is 90.4. The predicted octanol–water partition coefficient (Wildman–Crippen LogP) is 12.5. The molecule has 0 bridgehead atoms. The molecule has 0 aromatic heterocycles. The number of carbonyl (C=O) groups is 8. The van der Waals surface area contributed by atoms with Gasteiger partial charge in [0.25, 0.3) is 0 Å². The molecule has 0 saturated heterocycles. The Morgan fingerprint density at radius 2 is 0.594 bits per heavy atom. The number of ether oxygens (including phenoxy) is 8. The van der Waals surface area contributed by atoms with Crippen molar-refractivity contribution in [2.24, 2.45) is 71.0 Å². The Hall–Kier alpha value is -8.48. The van der Waals surface area contributed by atoms with Crippen molar-refractivity contribution in [2.45, 2.75) is 321 Å². The van der Waals surface area contributed by atoms with E-state index in [4.69, 9.17) is 58.3 Å². The van der Waals surface area contributed by atoms with Gasteiger partial charge in [-0.25, -0.2) is 19.2 Å². The summed E-state index contributed by atoms with van der Waals surface area (Å²) < 4.78 is 43.9. The molecule has 4 saturated carbocycles. The van der Waals surface area contributed by atoms with Crippen LogP contribution in [0.2, 0.25) is 0 Å². The molecule has 0 spiro atoms. The third-order valence-electron chi connectivity index (χ3n) is 28.3. The highest BCUT2D eigenvalue weighted by atomic mass is 16.6. The van der Waals surface area contributed by atoms with Gasteiger partial charge in [0, 0.05) is 25.7 Å². The number of carbonyl (C=O) groups excluding carboxylic acids is 4. The number of fused-ring (bicyclic) bond motifs is 8. The number of aliphatic hydroxyl groups is 8. The Labute approximate surface area is 753 Å². The van der Waals surface area contributed by atoms with E-state index in [1.807, 2.05) is 76.2 Å². The Balaban J connectivity index is 0.000000193. The standard InChI is InChI=1S/C26H38O7.2C25H36O7.C24H34O7/c1-3-19(27)10-11-20-21-12-17-7-5-8-24(22(17)13-18(21)14-23(20)28)32-15-26(31)33-16(2)6-4-9-25(29)30;1-3-18(26)8-9-19-20-11-16-5-4-6-23(21(16)12-17(20)13-22(19)27)31-14-25(30)32-15(2)7-10-24(28)29;1-2-18(26)9-10-19-20-12-16-6-5-7-23(21(16)13-17(20)14-22(19)27)32-15-25(30)31-11-4-3-8-24(28)29;1-2-17(25)8-9-18-19-11-15-5-3-6-22(20(15)12-16(19)13-21(18)26)31-14-24(29)30-10-4-7-23(27)28/h5,7-8,16,18-21,23,27-28H,3-4,6,9-15H2,1-2H3,(H,29,30);4-6,15,17-20,22,26-27H,3,7-14H2,1-2H3,(H,28,29);5-7,17-20,22,26-27H,2-4,8-15H2,1H3,(H,28,29);3,5-6,16-19,21,25-26H,2,4,7-14H2,1H3,(H,27,28)/t16?,18-,19-,20+,21-,23+;15?,17-,18-,19+,20-,22+;17-,18-,19+,20-,22+;16-,17-,18+,19-,21+/m0000/s1. The number of esters is 4. The van der Waals surface area contributed by atoms with Gasteiger partial charge in [-0.05, 0) is 346 Å². The van der Waals surface area contributed by atoms with Crippen molar-refractivity contribution < 1.29 is 138 Å². The van der Waals surface area contributed by atoms with Crippen LogP contribution in [0.4, 0.5) is 0 Å². The first-order valence-corrected chi connectivity index (χ1v) is 47.3. The zero-order valence-electron chi connectivity index (χ0n) is 75.8. The number of aliphatic carboxylic acids is 4. The molecule has 128 heavy (non-hydrogen) atoms. The zero-order valence-corrected chi connectivity index (χ0v) is 75.8. The molecule has 8 aliphatic carbocycles. The van der Waals surface area contributed by atoms with Gasteiger partial charge in [0.1, 0.15) is 23.0 Å². The molecular formula is C100H144O28. The molecule has 12 N–H and O–H groups in total. The molecule has 4 aromatic rings. The van der Waals surface area contributed by atoms with Crippen LogP contribution in [-0.4, -0.2) is 210 Å². The molecule has 4 aromatic carbocycles. The molecule has 8 aliphatic rings. The smallest absolute Gasteiger partial charge is 0.344 e. The lowest BCUT2D eigenvalue weighted by Crippen LogP contribution is -2.28. The molecule has 22 atom stereocenters. The molecule has 28 heteroatoms. The highest BCUT2D eigenvalue weighted by Gasteiger charge is 2.49. The van der Waals surface area contributed by atoms with Crippen molar-refractivity contribution in [3.05, 3.63) is 117 Å².